The van der Waals surface area contributed by atoms with Crippen molar-refractivity contribution < 1.29 is 0 Å². The lowest BCUT2D eigenvalue weighted by atomic mass is 9.78. The zero-order chi connectivity index (χ0) is 37.2. The summed E-state index contributed by atoms with van der Waals surface area (Å²) < 4.78 is 4.98. The highest BCUT2D eigenvalue weighted by molar-refractivity contribution is 6.36. The van der Waals surface area contributed by atoms with Gasteiger partial charge in [0.05, 0.1) is 33.3 Å². The van der Waals surface area contributed by atoms with Crippen molar-refractivity contribution >= 4 is 88.1 Å². The summed E-state index contributed by atoms with van der Waals surface area (Å²) >= 11 is 0. The quantitative estimate of drug-likeness (QED) is 0.169. The Kier molecular flexibility index (Phi) is 6.34. The van der Waals surface area contributed by atoms with E-state index in [2.05, 4.69) is 191 Å². The Morgan fingerprint density at radius 1 is 0.544 bits per heavy atom. The van der Waals surface area contributed by atoms with Gasteiger partial charge in [0.1, 0.15) is 5.84 Å². The zero-order valence-electron chi connectivity index (χ0n) is 31.2. The number of hydrogen-bond acceptors (Lipinski definition) is 1. The molecule has 3 heteroatoms. The molecule has 1 aliphatic heterocycles. The molecule has 1 unspecified atom stereocenters. The SMILES string of the molecule is C1=CC2=c3ccccc3=C(C3=CCC(n4c5ccccc5c5c6c7ccccc7n7c8ccc(-c9ccccc9)cc8c(cc54)c67)=Nc4ccccc43)CC2C=C1. The second-order valence-electron chi connectivity index (χ2n) is 15.7. The predicted molar refractivity (Wildman–Crippen MR) is 240 cm³/mol. The van der Waals surface area contributed by atoms with Gasteiger partial charge in [-0.1, -0.05) is 146 Å². The number of para-hydroxylation sites is 3. The number of hydrogen-bond donors (Lipinski definition) is 0. The van der Waals surface area contributed by atoms with Crippen LogP contribution in [0.3, 0.4) is 0 Å². The molecule has 0 amide bonds. The average molecular weight is 726 g/mol. The summed E-state index contributed by atoms with van der Waals surface area (Å²) in [5.41, 5.74) is 14.9. The third-order valence-corrected chi connectivity index (χ3v) is 12.8. The molecule has 3 aliphatic rings. The lowest BCUT2D eigenvalue weighted by Crippen LogP contribution is -2.35. The van der Waals surface area contributed by atoms with Gasteiger partial charge in [0.25, 0.3) is 0 Å². The topological polar surface area (TPSA) is 21.7 Å². The molecule has 0 radical (unpaired) electrons. The van der Waals surface area contributed by atoms with Gasteiger partial charge < -0.3 is 4.40 Å². The van der Waals surface area contributed by atoms with E-state index >= 15 is 0 Å². The van der Waals surface area contributed by atoms with Gasteiger partial charge >= 0.3 is 0 Å². The van der Waals surface area contributed by atoms with E-state index in [9.17, 15) is 0 Å². The van der Waals surface area contributed by atoms with E-state index in [1.165, 1.54) is 104 Å². The maximum atomic E-state index is 5.64. The molecule has 1 atom stereocenters. The minimum atomic E-state index is 0.358. The first-order chi connectivity index (χ1) is 28.3. The van der Waals surface area contributed by atoms with Crippen LogP contribution in [-0.2, 0) is 0 Å². The monoisotopic (exact) mass is 725 g/mol. The normalized spacial score (nSPS) is 16.5. The molecule has 2 aliphatic carbocycles. The summed E-state index contributed by atoms with van der Waals surface area (Å²) in [4.78, 5) is 5.64. The van der Waals surface area contributed by atoms with Crippen molar-refractivity contribution in [1.82, 2.24) is 8.97 Å². The van der Waals surface area contributed by atoms with E-state index in [0.717, 1.165) is 17.9 Å². The smallest absolute Gasteiger partial charge is 0.118 e. The molecule has 57 heavy (non-hydrogen) atoms. The van der Waals surface area contributed by atoms with Crippen LogP contribution in [0.2, 0.25) is 0 Å². The van der Waals surface area contributed by atoms with Gasteiger partial charge in [0.2, 0.25) is 0 Å². The molecule has 0 fully saturated rings. The van der Waals surface area contributed by atoms with Crippen molar-refractivity contribution in [1.29, 1.82) is 0 Å². The van der Waals surface area contributed by atoms with Gasteiger partial charge in [-0.15, -0.1) is 0 Å². The number of allylic oxidation sites excluding steroid dienone is 6. The third kappa shape index (κ3) is 4.29. The van der Waals surface area contributed by atoms with Crippen molar-refractivity contribution in [3.8, 4) is 11.1 Å². The van der Waals surface area contributed by atoms with Crippen LogP contribution in [-0.4, -0.2) is 14.8 Å². The average Bonchev–Trinajstić information content (AvgIpc) is 3.85. The fraction of sp³-hybridized carbons (Fsp3) is 0.0556. The molecule has 0 spiro atoms. The van der Waals surface area contributed by atoms with Gasteiger partial charge in [0.15, 0.2) is 0 Å². The zero-order valence-corrected chi connectivity index (χ0v) is 31.2. The van der Waals surface area contributed by atoms with E-state index in [0.29, 0.717) is 12.3 Å². The van der Waals surface area contributed by atoms with Gasteiger partial charge in [0, 0.05) is 50.2 Å². The number of benzene rings is 7. The fourth-order valence-corrected chi connectivity index (χ4v) is 10.5. The van der Waals surface area contributed by atoms with Crippen LogP contribution < -0.4 is 10.4 Å². The third-order valence-electron chi connectivity index (χ3n) is 12.8. The first-order valence-corrected chi connectivity index (χ1v) is 20.0. The number of nitrogens with zero attached hydrogens (tertiary/aromatic N) is 3. The van der Waals surface area contributed by atoms with E-state index in [4.69, 9.17) is 4.99 Å². The Bertz CT molecular complexity index is 3620. The highest BCUT2D eigenvalue weighted by Gasteiger charge is 2.28. The van der Waals surface area contributed by atoms with E-state index < -0.39 is 0 Å². The molecule has 266 valence electrons. The fourth-order valence-electron chi connectivity index (χ4n) is 10.5. The number of rotatable bonds is 2. The van der Waals surface area contributed by atoms with Crippen LogP contribution in [0.4, 0.5) is 5.69 Å². The first-order valence-electron chi connectivity index (χ1n) is 20.0. The largest absolute Gasteiger partial charge is 0.308 e. The van der Waals surface area contributed by atoms with Crippen LogP contribution in [0.25, 0.3) is 87.7 Å². The van der Waals surface area contributed by atoms with E-state index in [1.807, 2.05) is 0 Å². The maximum Gasteiger partial charge on any atom is 0.118 e. The molecule has 0 bridgehead atoms. The molecule has 10 aromatic rings. The predicted octanol–water partition coefficient (Wildman–Crippen LogP) is 12.1. The van der Waals surface area contributed by atoms with E-state index in [1.54, 1.807) is 0 Å². The summed E-state index contributed by atoms with van der Waals surface area (Å²) in [7, 11) is 0. The molecule has 3 aromatic heterocycles. The lowest BCUT2D eigenvalue weighted by molar-refractivity contribution is 0.850. The highest BCUT2D eigenvalue weighted by Crippen LogP contribution is 2.47. The molecule has 3 nitrogen and oxygen atoms in total. The molecule has 0 saturated heterocycles. The van der Waals surface area contributed by atoms with Crippen molar-refractivity contribution in [2.75, 3.05) is 0 Å². The Morgan fingerprint density at radius 3 is 2.18 bits per heavy atom. The lowest BCUT2D eigenvalue weighted by Gasteiger charge is -2.25. The summed E-state index contributed by atoms with van der Waals surface area (Å²) in [6, 6.07) is 55.8. The Morgan fingerprint density at radius 2 is 1.28 bits per heavy atom. The van der Waals surface area contributed by atoms with Crippen LogP contribution in [0.1, 0.15) is 18.4 Å². The summed E-state index contributed by atoms with van der Waals surface area (Å²) in [5.74, 6) is 1.39. The van der Waals surface area contributed by atoms with Crippen molar-refractivity contribution in [2.45, 2.75) is 12.8 Å². The van der Waals surface area contributed by atoms with Crippen molar-refractivity contribution in [3.05, 3.63) is 198 Å². The summed E-state index contributed by atoms with van der Waals surface area (Å²) in [6.45, 7) is 0. The van der Waals surface area contributed by atoms with Crippen molar-refractivity contribution in [3.63, 3.8) is 0 Å². The summed E-state index contributed by atoms with van der Waals surface area (Å²) in [6.07, 6.45) is 13.2. The van der Waals surface area contributed by atoms with Crippen LogP contribution in [0, 0.1) is 5.92 Å². The van der Waals surface area contributed by atoms with Crippen LogP contribution in [0.5, 0.6) is 0 Å². The molecule has 4 heterocycles. The molecule has 7 aromatic carbocycles. The molecular weight excluding hydrogens is 691 g/mol. The second kappa shape index (κ2) is 11.6. The van der Waals surface area contributed by atoms with Gasteiger partial charge in [-0.25, -0.2) is 4.99 Å². The summed E-state index contributed by atoms with van der Waals surface area (Å²) in [5, 5.41) is 10.4. The maximum absolute atomic E-state index is 5.64. The first kappa shape index (κ1) is 31.0. The van der Waals surface area contributed by atoms with Crippen LogP contribution >= 0.6 is 0 Å². The minimum Gasteiger partial charge on any atom is -0.308 e. The molecular formula is C54H35N3. The number of fused-ring (bicyclic) bond motifs is 13. The van der Waals surface area contributed by atoms with Crippen molar-refractivity contribution in [2.24, 2.45) is 10.9 Å². The number of aromatic nitrogens is 2. The minimum absolute atomic E-state index is 0.358. The second-order valence-corrected chi connectivity index (χ2v) is 15.7. The Balaban J connectivity index is 1.11. The standard InChI is InChI=1S/C54H35N3/c1-2-14-33(15-3-1)34-26-28-49-44(30-34)45-32-50-52(53-42-22-10-13-25-48(42)57(49)54(45)53)41-21-9-12-24-47(41)56(50)51-29-27-39(40-20-8-11-23-46(40)55-51)43-31-35-16-4-5-17-36(35)37-18-6-7-19-38(37)43/h1-28,30,32,35H,29,31H2. The molecule has 13 rings (SSSR count). The van der Waals surface area contributed by atoms with Gasteiger partial charge in [-0.05, 0) is 81.1 Å². The Hall–Kier alpha value is -7.23. The van der Waals surface area contributed by atoms with E-state index in [-0.39, 0.29) is 0 Å². The molecule has 0 N–H and O–H groups in total. The number of aliphatic imine (C=N–C) groups is 1. The highest BCUT2D eigenvalue weighted by atomic mass is 15.1. The van der Waals surface area contributed by atoms with Crippen LogP contribution in [0.15, 0.2) is 187 Å². The molecule has 0 saturated carbocycles. The van der Waals surface area contributed by atoms with Gasteiger partial charge in [-0.3, -0.25) is 4.57 Å². The van der Waals surface area contributed by atoms with Gasteiger partial charge in [-0.2, -0.15) is 0 Å². The Labute approximate surface area is 328 Å².